The largest absolute Gasteiger partial charge is 0.292 e. The first-order valence-corrected chi connectivity index (χ1v) is 20.9. The summed E-state index contributed by atoms with van der Waals surface area (Å²) in [7, 11) is 0. The lowest BCUT2D eigenvalue weighted by molar-refractivity contribution is -0.123. The van der Waals surface area contributed by atoms with Crippen molar-refractivity contribution in [2.24, 2.45) is 57.3 Å². The topological polar surface area (TPSA) is 93.0 Å². The normalized spacial score (nSPS) is 37.2. The zero-order valence-corrected chi connectivity index (χ0v) is 30.5. The Morgan fingerprint density at radius 2 is 0.840 bits per heavy atom. The SMILES string of the molecule is CC1=CC2c3sc(N=C4C(=O)C5CC6CCCCC6CC5C4=O)cc3C(C)=CC2c2sc(N=C3C(=O)C4CC5CCCCC5CC4C3=O)cc21. The summed E-state index contributed by atoms with van der Waals surface area (Å²) in [5, 5.41) is 1.48. The Balaban J connectivity index is 0.931. The molecular formula is C42H44N2O4S2. The fourth-order valence-electron chi connectivity index (χ4n) is 11.7. The molecule has 0 saturated heterocycles. The molecule has 258 valence electrons. The second-order valence-electron chi connectivity index (χ2n) is 16.8. The standard InChI is InChI=1S/C42H44N2O4S2/c1-19-11-31-32(41-25(19)17-33(49-41)43-35-37(45)27-13-21-7-3-4-8-22(21)14-28(27)38(35)46)12-20(2)26-18-34(50-42(26)31)44-36-39(47)29-15-23-9-5-6-10-24(23)16-30(29)40(36)48/h11-12,17-18,21-24,27-32H,3-10,13-16H2,1-2H3. The van der Waals surface area contributed by atoms with Crippen molar-refractivity contribution in [1.29, 1.82) is 0 Å². The highest BCUT2D eigenvalue weighted by atomic mass is 32.1. The maximum absolute atomic E-state index is 13.6. The average molecular weight is 705 g/mol. The first-order valence-electron chi connectivity index (χ1n) is 19.2. The van der Waals surface area contributed by atoms with Crippen molar-refractivity contribution in [2.75, 3.05) is 0 Å². The van der Waals surface area contributed by atoms with Crippen LogP contribution in [0, 0.1) is 47.3 Å². The molecule has 0 bridgehead atoms. The molecule has 2 aromatic heterocycles. The molecule has 6 saturated carbocycles. The lowest BCUT2D eigenvalue weighted by atomic mass is 9.64. The van der Waals surface area contributed by atoms with Crippen LogP contribution < -0.4 is 0 Å². The third-order valence-electron chi connectivity index (χ3n) is 14.3. The van der Waals surface area contributed by atoms with Gasteiger partial charge in [-0.3, -0.25) is 19.2 Å². The molecule has 0 amide bonds. The van der Waals surface area contributed by atoms with Crippen molar-refractivity contribution < 1.29 is 19.2 Å². The third kappa shape index (κ3) is 4.76. The Morgan fingerprint density at radius 1 is 0.520 bits per heavy atom. The monoisotopic (exact) mass is 704 g/mol. The van der Waals surface area contributed by atoms with Gasteiger partial charge in [0.25, 0.3) is 0 Å². The van der Waals surface area contributed by atoms with E-state index in [1.807, 2.05) is 0 Å². The maximum Gasteiger partial charge on any atom is 0.188 e. The number of hydrogen-bond donors (Lipinski definition) is 0. The molecule has 2 aromatic rings. The molecule has 8 aliphatic carbocycles. The molecule has 10 unspecified atom stereocenters. The van der Waals surface area contributed by atoms with Gasteiger partial charge in [-0.25, -0.2) is 9.98 Å². The van der Waals surface area contributed by atoms with E-state index in [0.717, 1.165) is 58.0 Å². The molecule has 2 heterocycles. The molecule has 6 nitrogen and oxygen atoms in total. The number of hydrogen-bond acceptors (Lipinski definition) is 8. The van der Waals surface area contributed by atoms with Crippen molar-refractivity contribution in [2.45, 2.75) is 103 Å². The molecule has 0 spiro atoms. The summed E-state index contributed by atoms with van der Waals surface area (Å²) in [6, 6.07) is 4.16. The second-order valence-corrected chi connectivity index (χ2v) is 19.0. The van der Waals surface area contributed by atoms with Crippen molar-refractivity contribution in [3.05, 3.63) is 45.2 Å². The predicted molar refractivity (Wildman–Crippen MR) is 199 cm³/mol. The lowest BCUT2D eigenvalue weighted by Crippen LogP contribution is -2.35. The van der Waals surface area contributed by atoms with Gasteiger partial charge in [-0.2, -0.15) is 0 Å². The highest BCUT2D eigenvalue weighted by molar-refractivity contribution is 7.17. The predicted octanol–water partition coefficient (Wildman–Crippen LogP) is 9.62. The minimum absolute atomic E-state index is 0.0249. The van der Waals surface area contributed by atoms with E-state index in [1.54, 1.807) is 22.7 Å². The summed E-state index contributed by atoms with van der Waals surface area (Å²) >= 11 is 3.22. The number of nitrogens with zero attached hydrogens (tertiary/aromatic N) is 2. The summed E-state index contributed by atoms with van der Waals surface area (Å²) in [6.07, 6.45) is 17.8. The van der Waals surface area contributed by atoms with Crippen LogP contribution in [0.4, 0.5) is 10.0 Å². The zero-order chi connectivity index (χ0) is 34.0. The molecule has 0 aliphatic heterocycles. The molecular weight excluding hydrogens is 661 g/mol. The highest BCUT2D eigenvalue weighted by Crippen LogP contribution is 2.57. The number of aliphatic imine (C=N–C) groups is 2. The third-order valence-corrected chi connectivity index (χ3v) is 16.5. The van der Waals surface area contributed by atoms with Gasteiger partial charge in [-0.15, -0.1) is 22.7 Å². The van der Waals surface area contributed by atoms with Crippen molar-refractivity contribution in [3.63, 3.8) is 0 Å². The van der Waals surface area contributed by atoms with Crippen molar-refractivity contribution >= 4 is 78.4 Å². The van der Waals surface area contributed by atoms with Gasteiger partial charge in [0.15, 0.2) is 34.6 Å². The van der Waals surface area contributed by atoms with Gasteiger partial charge in [-0.05, 0) is 97.6 Å². The minimum atomic E-state index is -0.178. The number of fused-ring (bicyclic) bond motifs is 9. The number of carbonyl (C=O) groups is 4. The fourth-order valence-corrected chi connectivity index (χ4v) is 14.2. The fraction of sp³-hybridized carbons (Fsp3) is 0.571. The van der Waals surface area contributed by atoms with Crippen molar-refractivity contribution in [3.8, 4) is 0 Å². The van der Waals surface area contributed by atoms with Crippen LogP contribution in [-0.4, -0.2) is 34.6 Å². The van der Waals surface area contributed by atoms with E-state index < -0.39 is 0 Å². The lowest BCUT2D eigenvalue weighted by Gasteiger charge is -2.39. The van der Waals surface area contributed by atoms with E-state index in [4.69, 9.17) is 9.98 Å². The molecule has 0 N–H and O–H groups in total. The van der Waals surface area contributed by atoms with E-state index >= 15 is 0 Å². The van der Waals surface area contributed by atoms with Crippen LogP contribution in [0.15, 0.2) is 34.3 Å². The molecule has 8 aliphatic rings. The van der Waals surface area contributed by atoms with Crippen LogP contribution in [0.5, 0.6) is 0 Å². The van der Waals surface area contributed by atoms with Crippen LogP contribution in [0.3, 0.4) is 0 Å². The number of carbonyl (C=O) groups excluding carboxylic acids is 4. The van der Waals surface area contributed by atoms with E-state index in [-0.39, 0.29) is 70.1 Å². The number of allylic oxidation sites excluding steroid dienone is 4. The molecule has 0 aromatic carbocycles. The van der Waals surface area contributed by atoms with E-state index in [1.165, 1.54) is 61.1 Å². The quantitative estimate of drug-likeness (QED) is 0.311. The van der Waals surface area contributed by atoms with Crippen LogP contribution in [0.2, 0.25) is 0 Å². The van der Waals surface area contributed by atoms with Gasteiger partial charge in [0, 0.05) is 45.3 Å². The molecule has 10 atom stereocenters. The molecule has 0 radical (unpaired) electrons. The molecule has 6 fully saturated rings. The summed E-state index contributed by atoms with van der Waals surface area (Å²) in [5.74, 6) is 1.76. The van der Waals surface area contributed by atoms with Gasteiger partial charge in [0.1, 0.15) is 10.0 Å². The smallest absolute Gasteiger partial charge is 0.188 e. The maximum atomic E-state index is 13.6. The van der Waals surface area contributed by atoms with E-state index in [2.05, 4.69) is 38.1 Å². The van der Waals surface area contributed by atoms with E-state index in [9.17, 15) is 19.2 Å². The Labute approximate surface area is 301 Å². The number of Topliss-reactive ketones (excluding diaryl/α,β-unsaturated/α-hetero) is 4. The van der Waals surface area contributed by atoms with Crippen LogP contribution in [0.1, 0.15) is 124 Å². The van der Waals surface area contributed by atoms with Crippen LogP contribution in [-0.2, 0) is 19.2 Å². The van der Waals surface area contributed by atoms with Crippen molar-refractivity contribution in [1.82, 2.24) is 0 Å². The van der Waals surface area contributed by atoms with Crippen LogP contribution in [0.25, 0.3) is 11.1 Å². The molecule has 10 rings (SSSR count). The van der Waals surface area contributed by atoms with Gasteiger partial charge in [0.05, 0.1) is 0 Å². The Hall–Kier alpha value is -3.10. The molecule has 8 heteroatoms. The highest BCUT2D eigenvalue weighted by Gasteiger charge is 2.53. The summed E-state index contributed by atoms with van der Waals surface area (Å²) in [5.41, 5.74) is 4.99. The Morgan fingerprint density at radius 3 is 1.16 bits per heavy atom. The Bertz CT molecular complexity index is 1800. The summed E-state index contributed by atoms with van der Waals surface area (Å²) in [6.45, 7) is 4.27. The number of rotatable bonds is 2. The number of ketones is 4. The van der Waals surface area contributed by atoms with Gasteiger partial charge >= 0.3 is 0 Å². The first kappa shape index (κ1) is 31.6. The van der Waals surface area contributed by atoms with Gasteiger partial charge < -0.3 is 0 Å². The molecule has 50 heavy (non-hydrogen) atoms. The summed E-state index contributed by atoms with van der Waals surface area (Å²) < 4.78 is 0. The first-order chi connectivity index (χ1) is 24.2. The van der Waals surface area contributed by atoms with Gasteiger partial charge in [-0.1, -0.05) is 63.5 Å². The minimum Gasteiger partial charge on any atom is -0.292 e. The second kappa shape index (κ2) is 11.7. The summed E-state index contributed by atoms with van der Waals surface area (Å²) in [4.78, 5) is 66.6. The Kier molecular flexibility index (Phi) is 7.40. The zero-order valence-electron chi connectivity index (χ0n) is 28.9. The van der Waals surface area contributed by atoms with Gasteiger partial charge in [0.2, 0.25) is 0 Å². The number of thiophene rings is 2. The van der Waals surface area contributed by atoms with E-state index in [0.29, 0.717) is 23.7 Å². The van der Waals surface area contributed by atoms with Crippen LogP contribution >= 0.6 is 22.7 Å². The average Bonchev–Trinajstić information content (AvgIpc) is 3.86.